The normalized spacial score (nSPS) is 13.5. The first kappa shape index (κ1) is 18.9. The van der Waals surface area contributed by atoms with E-state index in [-0.39, 0.29) is 28.7 Å². The number of benzene rings is 2. The Kier molecular flexibility index (Phi) is 4.25. The van der Waals surface area contributed by atoms with Crippen molar-refractivity contribution >= 4 is 17.1 Å². The maximum absolute atomic E-state index is 15.0. The molecule has 0 amide bonds. The molecule has 9 heteroatoms. The first-order valence-corrected chi connectivity index (χ1v) is 9.56. The Bertz CT molecular complexity index is 1390. The molecular weight excluding hydrogens is 405 g/mol. The van der Waals surface area contributed by atoms with E-state index >= 15 is 4.39 Å². The number of hydrogen-bond donors (Lipinski definition) is 2. The molecule has 1 saturated carbocycles. The summed E-state index contributed by atoms with van der Waals surface area (Å²) in [6.45, 7) is 0. The number of ether oxygens (including phenoxy) is 1. The summed E-state index contributed by atoms with van der Waals surface area (Å²) in [5.74, 6) is -1.44. The second-order valence-corrected chi connectivity index (χ2v) is 7.32. The van der Waals surface area contributed by atoms with Crippen molar-refractivity contribution in [2.24, 2.45) is 0 Å². The van der Waals surface area contributed by atoms with Gasteiger partial charge in [-0.05, 0) is 25.0 Å². The van der Waals surface area contributed by atoms with E-state index in [0.29, 0.717) is 11.2 Å². The lowest BCUT2D eigenvalue weighted by Crippen LogP contribution is -2.17. The molecule has 2 aromatic carbocycles. The van der Waals surface area contributed by atoms with Gasteiger partial charge in [-0.1, -0.05) is 30.3 Å². The minimum Gasteiger partial charge on any atom is -0.493 e. The van der Waals surface area contributed by atoms with Crippen molar-refractivity contribution in [2.45, 2.75) is 18.9 Å². The van der Waals surface area contributed by atoms with Crippen LogP contribution in [0, 0.1) is 5.82 Å². The van der Waals surface area contributed by atoms with Crippen molar-refractivity contribution in [3.63, 3.8) is 0 Å². The summed E-state index contributed by atoms with van der Waals surface area (Å²) in [5.41, 5.74) is 0.852. The Hall–Kier alpha value is -4.14. The van der Waals surface area contributed by atoms with Gasteiger partial charge in [0.15, 0.2) is 5.75 Å². The fraction of sp³-hybridized carbons (Fsp3) is 0.136. The number of hydrogen-bond acceptors (Lipinski definition) is 5. The molecule has 0 aliphatic heterocycles. The molecule has 31 heavy (non-hydrogen) atoms. The highest BCUT2D eigenvalue weighted by atomic mass is 19.1. The highest BCUT2D eigenvalue weighted by molar-refractivity contribution is 5.83. The fourth-order valence-corrected chi connectivity index (χ4v) is 3.62. The molecule has 8 nitrogen and oxygen atoms in total. The van der Waals surface area contributed by atoms with Gasteiger partial charge < -0.3 is 19.5 Å². The SMILES string of the molecule is O=C(O)Oc1cn(C2CC2)c2cc(-n3nc(-c4ccccc4)cc3O)c(F)cc2c1=O. The van der Waals surface area contributed by atoms with Gasteiger partial charge in [0.05, 0.1) is 22.8 Å². The summed E-state index contributed by atoms with van der Waals surface area (Å²) in [6.07, 6.45) is 1.38. The van der Waals surface area contributed by atoms with Crippen molar-refractivity contribution in [3.8, 4) is 28.6 Å². The standard InChI is InChI=1S/C22H16FN3O5/c23-15-8-14-17(25(13-6-7-13)11-19(21(14)28)31-22(29)30)10-18(15)26-20(27)9-16(24-26)12-4-2-1-3-5-12/h1-5,8-11,13,27H,6-7H2,(H,29,30). The topological polar surface area (TPSA) is 107 Å². The number of nitrogens with zero attached hydrogens (tertiary/aromatic N) is 3. The molecule has 0 bridgehead atoms. The molecule has 0 radical (unpaired) electrons. The lowest BCUT2D eigenvalue weighted by atomic mass is 10.1. The van der Waals surface area contributed by atoms with Crippen molar-refractivity contribution in [1.82, 2.24) is 14.3 Å². The van der Waals surface area contributed by atoms with Crippen molar-refractivity contribution < 1.29 is 24.1 Å². The van der Waals surface area contributed by atoms with Crippen LogP contribution < -0.4 is 10.2 Å². The van der Waals surface area contributed by atoms with Crippen LogP contribution in [0.2, 0.25) is 0 Å². The number of pyridine rings is 1. The van der Waals surface area contributed by atoms with Gasteiger partial charge in [0.1, 0.15) is 11.5 Å². The molecule has 156 valence electrons. The average Bonchev–Trinajstić information content (AvgIpc) is 3.52. The molecular formula is C22H16FN3O5. The van der Waals surface area contributed by atoms with Crippen LogP contribution in [0.15, 0.2) is 59.5 Å². The largest absolute Gasteiger partial charge is 0.511 e. The minimum absolute atomic E-state index is 0.0122. The van der Waals surface area contributed by atoms with Gasteiger partial charge in [-0.3, -0.25) is 4.79 Å². The van der Waals surface area contributed by atoms with Gasteiger partial charge >= 0.3 is 6.16 Å². The van der Waals surface area contributed by atoms with Crippen LogP contribution in [0.4, 0.5) is 9.18 Å². The lowest BCUT2D eigenvalue weighted by molar-refractivity contribution is 0.143. The average molecular weight is 421 g/mol. The Labute approximate surface area is 174 Å². The molecule has 1 aliphatic rings. The van der Waals surface area contributed by atoms with Crippen molar-refractivity contribution in [2.75, 3.05) is 0 Å². The molecule has 0 spiro atoms. The van der Waals surface area contributed by atoms with E-state index in [4.69, 9.17) is 5.11 Å². The molecule has 5 rings (SSSR count). The van der Waals surface area contributed by atoms with E-state index in [1.54, 1.807) is 4.57 Å². The Morgan fingerprint density at radius 2 is 1.90 bits per heavy atom. The molecule has 2 heterocycles. The van der Waals surface area contributed by atoms with E-state index < -0.39 is 17.4 Å². The van der Waals surface area contributed by atoms with Gasteiger partial charge in [0, 0.05) is 17.7 Å². The highest BCUT2D eigenvalue weighted by Gasteiger charge is 2.27. The third-order valence-corrected chi connectivity index (χ3v) is 5.19. The van der Waals surface area contributed by atoms with Gasteiger partial charge in [0.2, 0.25) is 11.3 Å². The maximum atomic E-state index is 15.0. The molecule has 2 N–H and O–H groups in total. The summed E-state index contributed by atoms with van der Waals surface area (Å²) in [4.78, 5) is 23.6. The number of aromatic hydroxyl groups is 1. The Balaban J connectivity index is 1.70. The number of fused-ring (bicyclic) bond motifs is 1. The molecule has 1 fully saturated rings. The van der Waals surface area contributed by atoms with Crippen LogP contribution >= 0.6 is 0 Å². The van der Waals surface area contributed by atoms with Crippen LogP contribution in [-0.2, 0) is 0 Å². The molecule has 4 aromatic rings. The highest BCUT2D eigenvalue weighted by Crippen LogP contribution is 2.38. The van der Waals surface area contributed by atoms with Crippen LogP contribution in [0.1, 0.15) is 18.9 Å². The fourth-order valence-electron chi connectivity index (χ4n) is 3.62. The van der Waals surface area contributed by atoms with Crippen LogP contribution in [0.3, 0.4) is 0 Å². The molecule has 0 saturated heterocycles. The number of aromatic nitrogens is 3. The maximum Gasteiger partial charge on any atom is 0.511 e. The van der Waals surface area contributed by atoms with Crippen molar-refractivity contribution in [3.05, 3.63) is 70.8 Å². The van der Waals surface area contributed by atoms with Gasteiger partial charge in [-0.2, -0.15) is 9.78 Å². The second kappa shape index (κ2) is 6.98. The summed E-state index contributed by atoms with van der Waals surface area (Å²) in [5, 5.41) is 23.6. The summed E-state index contributed by atoms with van der Waals surface area (Å²) < 4.78 is 22.4. The molecule has 2 aromatic heterocycles. The zero-order chi connectivity index (χ0) is 21.7. The van der Waals surface area contributed by atoms with E-state index in [1.165, 1.54) is 18.3 Å². The zero-order valence-corrected chi connectivity index (χ0v) is 16.0. The van der Waals surface area contributed by atoms with E-state index in [2.05, 4.69) is 9.84 Å². The summed E-state index contributed by atoms with van der Waals surface area (Å²) in [7, 11) is 0. The van der Waals surface area contributed by atoms with E-state index in [1.807, 2.05) is 30.3 Å². The quantitative estimate of drug-likeness (QED) is 0.481. The van der Waals surface area contributed by atoms with E-state index in [0.717, 1.165) is 29.2 Å². The summed E-state index contributed by atoms with van der Waals surface area (Å²) >= 11 is 0. The molecule has 0 atom stereocenters. The third-order valence-electron chi connectivity index (χ3n) is 5.19. The lowest BCUT2D eigenvalue weighted by Gasteiger charge is -2.14. The van der Waals surface area contributed by atoms with Crippen LogP contribution in [0.5, 0.6) is 11.6 Å². The van der Waals surface area contributed by atoms with E-state index in [9.17, 15) is 14.7 Å². The molecule has 1 aliphatic carbocycles. The van der Waals surface area contributed by atoms with Gasteiger partial charge in [-0.25, -0.2) is 9.18 Å². The van der Waals surface area contributed by atoms with Crippen molar-refractivity contribution in [1.29, 1.82) is 0 Å². The molecule has 0 unspecified atom stereocenters. The first-order chi connectivity index (χ1) is 14.9. The minimum atomic E-state index is -1.62. The second-order valence-electron chi connectivity index (χ2n) is 7.32. The predicted molar refractivity (Wildman–Crippen MR) is 109 cm³/mol. The third kappa shape index (κ3) is 3.29. The number of carbonyl (C=O) groups is 1. The first-order valence-electron chi connectivity index (χ1n) is 9.56. The Morgan fingerprint density at radius 1 is 1.16 bits per heavy atom. The van der Waals surface area contributed by atoms with Gasteiger partial charge in [-0.15, -0.1) is 0 Å². The smallest absolute Gasteiger partial charge is 0.493 e. The Morgan fingerprint density at radius 3 is 2.58 bits per heavy atom. The van der Waals surface area contributed by atoms with Gasteiger partial charge in [0.25, 0.3) is 0 Å². The van der Waals surface area contributed by atoms with Crippen LogP contribution in [-0.4, -0.2) is 30.7 Å². The monoisotopic (exact) mass is 421 g/mol. The number of halogens is 1. The summed E-state index contributed by atoms with van der Waals surface area (Å²) in [6, 6.07) is 13.1. The van der Waals surface area contributed by atoms with Crippen LogP contribution in [0.25, 0.3) is 27.8 Å². The number of carboxylic acid groups (broad SMARTS) is 1. The predicted octanol–water partition coefficient (Wildman–Crippen LogP) is 4.09. The zero-order valence-electron chi connectivity index (χ0n) is 16.0. The number of rotatable bonds is 4.